The second kappa shape index (κ2) is 9.25. The average molecular weight is 543 g/mol. The van der Waals surface area contributed by atoms with Crippen LogP contribution in [-0.4, -0.2) is 109 Å². The van der Waals surface area contributed by atoms with Crippen molar-refractivity contribution in [2.24, 2.45) is 17.6 Å². The number of anilines is 2. The highest BCUT2D eigenvalue weighted by Crippen LogP contribution is 2.54. The third kappa shape index (κ3) is 3.73. The second-order valence-corrected chi connectivity index (χ2v) is 11.1. The number of fused-ring (bicyclic) bond motifs is 3. The van der Waals surface area contributed by atoms with Gasteiger partial charge in [0.15, 0.2) is 11.4 Å². The van der Waals surface area contributed by atoms with Crippen LogP contribution >= 0.6 is 0 Å². The number of Topliss-reactive ketones (excluding diaryl/α,β-unsaturated/α-hetero) is 2. The molecule has 6 N–H and O–H groups in total. The van der Waals surface area contributed by atoms with Gasteiger partial charge < -0.3 is 40.7 Å². The Morgan fingerprint density at radius 2 is 1.77 bits per heavy atom. The Morgan fingerprint density at radius 3 is 2.33 bits per heavy atom. The largest absolute Gasteiger partial charge is 0.510 e. The first-order valence-electron chi connectivity index (χ1n) is 12.9. The number of likely N-dealkylation sites (N-methyl/N-ethyl adjacent to an activating group) is 1. The summed E-state index contributed by atoms with van der Waals surface area (Å²) in [4.78, 5) is 45.0. The normalized spacial score (nSPS) is 28.9. The molecular weight excluding hydrogens is 508 g/mol. The number of ketones is 2. The first-order valence-corrected chi connectivity index (χ1v) is 12.9. The lowest BCUT2D eigenvalue weighted by Gasteiger charge is -2.50. The minimum Gasteiger partial charge on any atom is -0.510 e. The van der Waals surface area contributed by atoms with Crippen molar-refractivity contribution in [3.05, 3.63) is 39.9 Å². The highest BCUT2D eigenvalue weighted by molar-refractivity contribution is 6.25. The molecule has 4 unspecified atom stereocenters. The summed E-state index contributed by atoms with van der Waals surface area (Å²) in [5, 5.41) is 45.5. The van der Waals surface area contributed by atoms with E-state index in [1.165, 1.54) is 4.90 Å². The summed E-state index contributed by atoms with van der Waals surface area (Å²) in [6.45, 7) is 1.94. The number of rotatable bonds is 4. The molecule has 0 radical (unpaired) electrons. The third-order valence-corrected chi connectivity index (χ3v) is 8.51. The summed E-state index contributed by atoms with van der Waals surface area (Å²) in [6.07, 6.45) is 0.281. The number of nitrogens with two attached hydrogens (primary N) is 1. The summed E-state index contributed by atoms with van der Waals surface area (Å²) in [6, 6.07) is 0.807. The fourth-order valence-corrected chi connectivity index (χ4v) is 6.73. The standard InChI is InChI=1S/C27H34N4O8/c1-29(2)15-11-16(31-5-7-39-8-6-31)21(32)18-13(15)9-12-10-14-20(30(3)4)23(34)19(26(28)37)25(36)27(14,38)24(35)17(12)22(18)33/h11-12,14,20,32,34-35,38H,5-10H2,1-4H3,(H2,28,37). The fraction of sp³-hybridized carbons (Fsp3) is 0.519. The Kier molecular flexibility index (Phi) is 6.40. The fourth-order valence-electron chi connectivity index (χ4n) is 6.73. The molecule has 12 heteroatoms. The predicted octanol–water partition coefficient (Wildman–Crippen LogP) is 0.0232. The van der Waals surface area contributed by atoms with Gasteiger partial charge in [-0.3, -0.25) is 19.3 Å². The van der Waals surface area contributed by atoms with Crippen LogP contribution in [0.15, 0.2) is 28.7 Å². The van der Waals surface area contributed by atoms with E-state index in [-0.39, 0.29) is 29.7 Å². The highest BCUT2D eigenvalue weighted by Gasteiger charge is 2.63. The van der Waals surface area contributed by atoms with E-state index in [4.69, 9.17) is 10.5 Å². The molecule has 1 aliphatic heterocycles. The van der Waals surface area contributed by atoms with Gasteiger partial charge in [-0.2, -0.15) is 0 Å². The van der Waals surface area contributed by atoms with E-state index in [0.29, 0.717) is 37.6 Å². The van der Waals surface area contributed by atoms with Gasteiger partial charge in [0, 0.05) is 44.4 Å². The smallest absolute Gasteiger partial charge is 0.255 e. The van der Waals surface area contributed by atoms with E-state index in [2.05, 4.69) is 0 Å². The monoisotopic (exact) mass is 542 g/mol. The molecule has 1 amide bonds. The number of primary amides is 1. The number of carbonyl (C=O) groups is 3. The number of ether oxygens (including phenoxy) is 1. The number of hydrogen-bond donors (Lipinski definition) is 5. The van der Waals surface area contributed by atoms with Crippen molar-refractivity contribution in [3.8, 4) is 5.75 Å². The number of aromatic hydroxyl groups is 1. The van der Waals surface area contributed by atoms with Crippen molar-refractivity contribution in [1.29, 1.82) is 0 Å². The van der Waals surface area contributed by atoms with Crippen molar-refractivity contribution in [3.63, 3.8) is 0 Å². The maximum absolute atomic E-state index is 14.1. The van der Waals surface area contributed by atoms with Crippen LogP contribution < -0.4 is 15.5 Å². The lowest BCUT2D eigenvalue weighted by Crippen LogP contribution is -2.63. The van der Waals surface area contributed by atoms with Gasteiger partial charge in [-0.1, -0.05) is 0 Å². The quantitative estimate of drug-likeness (QED) is 0.324. The number of nitrogens with zero attached hydrogens (tertiary/aromatic N) is 3. The van der Waals surface area contributed by atoms with E-state index in [9.17, 15) is 34.8 Å². The highest BCUT2D eigenvalue weighted by atomic mass is 16.5. The Hall–Kier alpha value is -3.61. The lowest BCUT2D eigenvalue weighted by atomic mass is 9.58. The Labute approximate surface area is 225 Å². The molecule has 4 atom stereocenters. The SMILES string of the molecule is CN(C)c1cc(N2CCOCC2)c(O)c2c1CC1CC3C(N(C)C)C(O)=C(C(N)=O)C(=O)C3(O)C(O)=C1C2=O. The van der Waals surface area contributed by atoms with Gasteiger partial charge in [-0.15, -0.1) is 0 Å². The third-order valence-electron chi connectivity index (χ3n) is 8.51. The molecular formula is C27H34N4O8. The van der Waals surface area contributed by atoms with E-state index in [1.54, 1.807) is 14.1 Å². The van der Waals surface area contributed by atoms with Crippen molar-refractivity contribution >= 4 is 28.8 Å². The van der Waals surface area contributed by atoms with Crippen molar-refractivity contribution in [1.82, 2.24) is 4.90 Å². The van der Waals surface area contributed by atoms with Crippen molar-refractivity contribution in [2.45, 2.75) is 24.5 Å². The van der Waals surface area contributed by atoms with Crippen LogP contribution in [0.3, 0.4) is 0 Å². The summed E-state index contributed by atoms with van der Waals surface area (Å²) in [7, 11) is 6.86. The van der Waals surface area contributed by atoms with Gasteiger partial charge in [0.25, 0.3) is 5.91 Å². The predicted molar refractivity (Wildman–Crippen MR) is 141 cm³/mol. The van der Waals surface area contributed by atoms with Crippen LogP contribution in [-0.2, 0) is 20.7 Å². The Morgan fingerprint density at radius 1 is 1.13 bits per heavy atom. The first kappa shape index (κ1) is 27.0. The van der Waals surface area contributed by atoms with Crippen LogP contribution in [0.5, 0.6) is 5.75 Å². The van der Waals surface area contributed by atoms with Crippen LogP contribution in [0.4, 0.5) is 11.4 Å². The summed E-state index contributed by atoms with van der Waals surface area (Å²) >= 11 is 0. The maximum Gasteiger partial charge on any atom is 0.255 e. The van der Waals surface area contributed by atoms with Gasteiger partial charge >= 0.3 is 0 Å². The molecule has 210 valence electrons. The summed E-state index contributed by atoms with van der Waals surface area (Å²) < 4.78 is 5.43. The Bertz CT molecular complexity index is 1340. The number of aliphatic hydroxyl groups excluding tert-OH is 2. The molecule has 12 nitrogen and oxygen atoms in total. The molecule has 1 fully saturated rings. The zero-order valence-corrected chi connectivity index (χ0v) is 22.4. The van der Waals surface area contributed by atoms with Crippen LogP contribution in [0, 0.1) is 11.8 Å². The zero-order chi connectivity index (χ0) is 28.5. The molecule has 4 aliphatic rings. The van der Waals surface area contributed by atoms with Gasteiger partial charge in [-0.25, -0.2) is 0 Å². The summed E-state index contributed by atoms with van der Waals surface area (Å²) in [5.41, 5.74) is 3.50. The summed E-state index contributed by atoms with van der Waals surface area (Å²) in [5.74, 6) is -6.59. The van der Waals surface area contributed by atoms with E-state index >= 15 is 0 Å². The maximum atomic E-state index is 14.1. The van der Waals surface area contributed by atoms with Gasteiger partial charge in [-0.05, 0) is 44.5 Å². The number of benzene rings is 1. The van der Waals surface area contributed by atoms with Crippen LogP contribution in [0.2, 0.25) is 0 Å². The van der Waals surface area contributed by atoms with Crippen molar-refractivity contribution in [2.75, 3.05) is 64.3 Å². The van der Waals surface area contributed by atoms with E-state index < -0.39 is 58.0 Å². The Balaban J connectivity index is 1.72. The van der Waals surface area contributed by atoms with Gasteiger partial charge in [0.1, 0.15) is 22.8 Å². The number of phenols is 1. The van der Waals surface area contributed by atoms with Crippen LogP contribution in [0.25, 0.3) is 0 Å². The molecule has 1 aromatic rings. The van der Waals surface area contributed by atoms with Crippen molar-refractivity contribution < 1.29 is 39.5 Å². The van der Waals surface area contributed by atoms with E-state index in [0.717, 1.165) is 5.69 Å². The number of amides is 1. The minimum absolute atomic E-state index is 0.00322. The lowest BCUT2D eigenvalue weighted by molar-refractivity contribution is -0.148. The molecule has 0 aromatic heterocycles. The number of morpholine rings is 1. The molecule has 3 aliphatic carbocycles. The topological polar surface area (TPSA) is 177 Å². The molecule has 1 saturated heterocycles. The molecule has 1 heterocycles. The van der Waals surface area contributed by atoms with E-state index in [1.807, 2.05) is 30.0 Å². The molecule has 0 spiro atoms. The number of phenolic OH excluding ortho intramolecular Hbond substituents is 1. The second-order valence-electron chi connectivity index (χ2n) is 11.1. The molecule has 0 saturated carbocycles. The number of allylic oxidation sites excluding steroid dienone is 1. The number of aliphatic hydroxyl groups is 3. The van der Waals surface area contributed by atoms with Gasteiger partial charge in [0.05, 0.1) is 30.5 Å². The number of carbonyl (C=O) groups excluding carboxylic acids is 3. The average Bonchev–Trinajstić information content (AvgIpc) is 2.86. The molecule has 0 bridgehead atoms. The zero-order valence-electron chi connectivity index (χ0n) is 22.4. The minimum atomic E-state index is -2.66. The van der Waals surface area contributed by atoms with Crippen LogP contribution in [0.1, 0.15) is 22.3 Å². The molecule has 5 rings (SSSR count). The first-order chi connectivity index (χ1) is 18.3. The van der Waals surface area contributed by atoms with Gasteiger partial charge in [0.2, 0.25) is 5.78 Å². The molecule has 39 heavy (non-hydrogen) atoms. The molecule has 1 aromatic carbocycles. The number of hydrogen-bond acceptors (Lipinski definition) is 11.